The van der Waals surface area contributed by atoms with Crippen LogP contribution in [0.5, 0.6) is 0 Å². The number of sulfonamides is 1. The van der Waals surface area contributed by atoms with Crippen LogP contribution in [0.25, 0.3) is 0 Å². The van der Waals surface area contributed by atoms with Crippen molar-refractivity contribution in [3.8, 4) is 0 Å². The van der Waals surface area contributed by atoms with Crippen molar-refractivity contribution < 1.29 is 18.0 Å². The fraction of sp³-hybridized carbons (Fsp3) is 0.318. The minimum Gasteiger partial charge on any atom is -0.326 e. The van der Waals surface area contributed by atoms with Gasteiger partial charge in [0.2, 0.25) is 15.9 Å². The van der Waals surface area contributed by atoms with E-state index < -0.39 is 21.2 Å². The molecular formula is C22H25N3O4S2. The molecule has 3 rings (SSSR count). The van der Waals surface area contributed by atoms with Gasteiger partial charge in [0.05, 0.1) is 11.4 Å². The molecule has 1 N–H and O–H groups in total. The molecule has 1 aliphatic heterocycles. The fourth-order valence-electron chi connectivity index (χ4n) is 3.05. The smallest absolute Gasteiger partial charge is 0.256 e. The van der Waals surface area contributed by atoms with Crippen molar-refractivity contribution in [1.29, 1.82) is 0 Å². The molecule has 164 valence electrons. The van der Waals surface area contributed by atoms with E-state index >= 15 is 0 Å². The number of benzene rings is 2. The molecule has 31 heavy (non-hydrogen) atoms. The Morgan fingerprint density at radius 1 is 1.06 bits per heavy atom. The van der Waals surface area contributed by atoms with Crippen molar-refractivity contribution in [3.63, 3.8) is 0 Å². The van der Waals surface area contributed by atoms with E-state index in [-0.39, 0.29) is 23.2 Å². The van der Waals surface area contributed by atoms with E-state index in [1.54, 1.807) is 48.5 Å². The summed E-state index contributed by atoms with van der Waals surface area (Å²) in [5, 5.41) is 1.97. The summed E-state index contributed by atoms with van der Waals surface area (Å²) in [4.78, 5) is 29.9. The molecule has 1 aliphatic rings. The minimum atomic E-state index is -3.88. The first-order chi connectivity index (χ1) is 14.9. The molecule has 2 amide bonds. The second-order valence-electron chi connectivity index (χ2n) is 7.08. The Labute approximate surface area is 187 Å². The van der Waals surface area contributed by atoms with Crippen molar-refractivity contribution >= 4 is 50.1 Å². The molecule has 1 heterocycles. The summed E-state index contributed by atoms with van der Waals surface area (Å²) in [6.45, 7) is 1.98. The van der Waals surface area contributed by atoms with Crippen molar-refractivity contribution in [2.24, 2.45) is 4.99 Å². The third-order valence-electron chi connectivity index (χ3n) is 4.59. The topological polar surface area (TPSA) is 95.9 Å². The van der Waals surface area contributed by atoms with Crippen LogP contribution in [0.4, 0.5) is 11.4 Å². The van der Waals surface area contributed by atoms with E-state index in [0.717, 1.165) is 28.9 Å². The van der Waals surface area contributed by atoms with Crippen LogP contribution in [0, 0.1) is 0 Å². The highest BCUT2D eigenvalue weighted by Crippen LogP contribution is 2.34. The standard InChI is InChI=1S/C22H25N3O4S2/c1-2-3-10-15-31(28,29)25-21(27)19(16-20(26)23-17-11-6-4-7-12-17)30-22(25)24-18-13-8-5-9-14-18/h4-9,11-14,19H,2-3,10,15-16H2,1H3,(H,23,26)/t19-/m0/s1. The maximum absolute atomic E-state index is 13.0. The quantitative estimate of drug-likeness (QED) is 0.568. The maximum Gasteiger partial charge on any atom is 0.256 e. The van der Waals surface area contributed by atoms with Crippen molar-refractivity contribution in [1.82, 2.24) is 4.31 Å². The van der Waals surface area contributed by atoms with Crippen LogP contribution in [0.15, 0.2) is 65.7 Å². The van der Waals surface area contributed by atoms with Crippen LogP contribution in [0.1, 0.15) is 32.6 Å². The normalized spacial score (nSPS) is 17.8. The van der Waals surface area contributed by atoms with E-state index in [4.69, 9.17) is 0 Å². The summed E-state index contributed by atoms with van der Waals surface area (Å²) in [5.41, 5.74) is 1.16. The third kappa shape index (κ3) is 6.18. The lowest BCUT2D eigenvalue weighted by atomic mass is 10.2. The summed E-state index contributed by atoms with van der Waals surface area (Å²) in [5.74, 6) is -1.12. The molecule has 1 saturated heterocycles. The number of nitrogens with zero attached hydrogens (tertiary/aromatic N) is 2. The van der Waals surface area contributed by atoms with Gasteiger partial charge in [0.15, 0.2) is 5.17 Å². The highest BCUT2D eigenvalue weighted by atomic mass is 32.2. The maximum atomic E-state index is 13.0. The lowest BCUT2D eigenvalue weighted by Crippen LogP contribution is -2.39. The van der Waals surface area contributed by atoms with Crippen LogP contribution in [-0.2, 0) is 19.6 Å². The number of nitrogens with one attached hydrogen (secondary N) is 1. The van der Waals surface area contributed by atoms with Crippen LogP contribution in [0.2, 0.25) is 0 Å². The van der Waals surface area contributed by atoms with Gasteiger partial charge in [-0.2, -0.15) is 4.31 Å². The number of aliphatic imine (C=N–C) groups is 1. The molecule has 7 nitrogen and oxygen atoms in total. The summed E-state index contributed by atoms with van der Waals surface area (Å²) in [6.07, 6.45) is 1.94. The van der Waals surface area contributed by atoms with Crippen molar-refractivity contribution in [3.05, 3.63) is 60.7 Å². The summed E-state index contributed by atoms with van der Waals surface area (Å²) in [7, 11) is -3.88. The summed E-state index contributed by atoms with van der Waals surface area (Å²) in [6, 6.07) is 17.8. The van der Waals surface area contributed by atoms with Gasteiger partial charge in [-0.15, -0.1) is 0 Å². The largest absolute Gasteiger partial charge is 0.326 e. The predicted octanol–water partition coefficient (Wildman–Crippen LogP) is 4.17. The molecule has 0 aliphatic carbocycles. The molecule has 2 aromatic rings. The Kier molecular flexibility index (Phi) is 7.86. The third-order valence-corrected chi connectivity index (χ3v) is 7.56. The zero-order valence-corrected chi connectivity index (χ0v) is 18.9. The van der Waals surface area contributed by atoms with Gasteiger partial charge >= 0.3 is 0 Å². The van der Waals surface area contributed by atoms with E-state index in [1.807, 2.05) is 19.1 Å². The molecule has 1 fully saturated rings. The predicted molar refractivity (Wildman–Crippen MR) is 125 cm³/mol. The van der Waals surface area contributed by atoms with Gasteiger partial charge in [0.25, 0.3) is 5.91 Å². The Morgan fingerprint density at radius 2 is 1.71 bits per heavy atom. The second kappa shape index (κ2) is 10.6. The first kappa shape index (κ1) is 23.0. The summed E-state index contributed by atoms with van der Waals surface area (Å²) >= 11 is 1.01. The first-order valence-corrected chi connectivity index (χ1v) is 12.6. The zero-order valence-electron chi connectivity index (χ0n) is 17.2. The van der Waals surface area contributed by atoms with Gasteiger partial charge in [-0.05, 0) is 30.7 Å². The number of thioether (sulfide) groups is 1. The van der Waals surface area contributed by atoms with Crippen LogP contribution in [0.3, 0.4) is 0 Å². The highest BCUT2D eigenvalue weighted by molar-refractivity contribution is 8.17. The molecule has 0 aromatic heterocycles. The molecular weight excluding hydrogens is 434 g/mol. The molecule has 2 aromatic carbocycles. The van der Waals surface area contributed by atoms with Crippen LogP contribution in [-0.4, -0.2) is 40.7 Å². The van der Waals surface area contributed by atoms with Gasteiger partial charge in [0, 0.05) is 12.1 Å². The average molecular weight is 460 g/mol. The monoisotopic (exact) mass is 459 g/mol. The van der Waals surface area contributed by atoms with Gasteiger partial charge in [-0.25, -0.2) is 13.4 Å². The fourth-order valence-corrected chi connectivity index (χ4v) is 6.06. The Balaban J connectivity index is 1.82. The van der Waals surface area contributed by atoms with E-state index in [9.17, 15) is 18.0 Å². The van der Waals surface area contributed by atoms with Gasteiger partial charge in [-0.3, -0.25) is 9.59 Å². The number of carbonyl (C=O) groups is 2. The highest BCUT2D eigenvalue weighted by Gasteiger charge is 2.45. The van der Waals surface area contributed by atoms with Gasteiger partial charge < -0.3 is 5.32 Å². The Hall–Kier alpha value is -2.65. The number of amidine groups is 1. The average Bonchev–Trinajstić information content (AvgIpc) is 3.04. The first-order valence-electron chi connectivity index (χ1n) is 10.1. The molecule has 0 bridgehead atoms. The van der Waals surface area contributed by atoms with Gasteiger partial charge in [-0.1, -0.05) is 67.9 Å². The SMILES string of the molecule is CCCCCS(=O)(=O)N1C(=O)[C@H](CC(=O)Nc2ccccc2)SC1=Nc1ccccc1. The summed E-state index contributed by atoms with van der Waals surface area (Å²) < 4.78 is 26.7. The molecule has 9 heteroatoms. The number of carbonyl (C=O) groups excluding carboxylic acids is 2. The van der Waals surface area contributed by atoms with Gasteiger partial charge in [0.1, 0.15) is 5.25 Å². The van der Waals surface area contributed by atoms with E-state index in [0.29, 0.717) is 17.8 Å². The van der Waals surface area contributed by atoms with Crippen molar-refractivity contribution in [2.75, 3.05) is 11.1 Å². The lowest BCUT2D eigenvalue weighted by molar-refractivity contribution is -0.125. The Bertz CT molecular complexity index is 1040. The number of hydrogen-bond donors (Lipinski definition) is 1. The molecule has 0 radical (unpaired) electrons. The zero-order chi connectivity index (χ0) is 22.3. The number of para-hydroxylation sites is 2. The second-order valence-corrected chi connectivity index (χ2v) is 10.2. The van der Waals surface area contributed by atoms with Crippen LogP contribution >= 0.6 is 11.8 Å². The number of amides is 2. The minimum absolute atomic E-state index is 0.0882. The van der Waals surface area contributed by atoms with E-state index in [1.165, 1.54) is 0 Å². The van der Waals surface area contributed by atoms with E-state index in [2.05, 4.69) is 10.3 Å². The van der Waals surface area contributed by atoms with Crippen molar-refractivity contribution in [2.45, 2.75) is 37.9 Å². The molecule has 1 atom stereocenters. The number of anilines is 1. The molecule has 0 saturated carbocycles. The van der Waals surface area contributed by atoms with Crippen LogP contribution < -0.4 is 5.32 Å². The Morgan fingerprint density at radius 3 is 2.35 bits per heavy atom. The molecule has 0 spiro atoms. The number of rotatable bonds is 9. The molecule has 0 unspecified atom stereocenters. The number of hydrogen-bond acceptors (Lipinski definition) is 6. The lowest BCUT2D eigenvalue weighted by Gasteiger charge is -2.16. The number of unbranched alkanes of at least 4 members (excludes halogenated alkanes) is 2.